The fourth-order valence-electron chi connectivity index (χ4n) is 3.25. The third-order valence-electron chi connectivity index (χ3n) is 4.45. The van der Waals surface area contributed by atoms with Crippen LogP contribution in [-0.4, -0.2) is 35.6 Å². The van der Waals surface area contributed by atoms with Crippen LogP contribution in [0, 0.1) is 13.8 Å². The first kappa shape index (κ1) is 17.5. The Kier molecular flexibility index (Phi) is 4.99. The fraction of sp³-hybridized carbons (Fsp3) is 0.471. The van der Waals surface area contributed by atoms with E-state index in [2.05, 4.69) is 5.10 Å². The molecular formula is C17H22ClN3O2S. The number of piperidine rings is 1. The standard InChI is InChI=1S/C17H22ClN3O2S/c1-13-17(24(22,23)20-9-4-3-5-10-20)14(2)21(19-13)12-15-7-6-8-16(18)11-15/h6-8,11H,3-5,9-10,12H2,1-2H3. The largest absolute Gasteiger partial charge is 0.264 e. The lowest BCUT2D eigenvalue weighted by Crippen LogP contribution is -2.36. The number of sulfonamides is 1. The second kappa shape index (κ2) is 6.86. The predicted octanol–water partition coefficient (Wildman–Crippen LogP) is 3.38. The first-order valence-electron chi connectivity index (χ1n) is 8.18. The van der Waals surface area contributed by atoms with Crippen molar-refractivity contribution in [1.29, 1.82) is 0 Å². The summed E-state index contributed by atoms with van der Waals surface area (Å²) in [6.07, 6.45) is 2.94. The Labute approximate surface area is 148 Å². The highest BCUT2D eigenvalue weighted by molar-refractivity contribution is 7.89. The number of hydrogen-bond donors (Lipinski definition) is 0. The van der Waals surface area contributed by atoms with Crippen molar-refractivity contribution in [1.82, 2.24) is 14.1 Å². The van der Waals surface area contributed by atoms with Crippen molar-refractivity contribution in [3.05, 3.63) is 46.2 Å². The molecule has 2 heterocycles. The minimum Gasteiger partial charge on any atom is -0.264 e. The molecule has 1 aliphatic rings. The van der Waals surface area contributed by atoms with Crippen molar-refractivity contribution in [3.63, 3.8) is 0 Å². The zero-order valence-corrected chi connectivity index (χ0v) is 15.6. The van der Waals surface area contributed by atoms with E-state index in [1.807, 2.05) is 31.2 Å². The van der Waals surface area contributed by atoms with Gasteiger partial charge in [0.15, 0.2) is 0 Å². The Morgan fingerprint density at radius 3 is 2.54 bits per heavy atom. The Balaban J connectivity index is 1.94. The lowest BCUT2D eigenvalue weighted by atomic mass is 10.2. The summed E-state index contributed by atoms with van der Waals surface area (Å²) >= 11 is 6.03. The Bertz CT molecular complexity index is 840. The van der Waals surface area contributed by atoms with E-state index in [0.717, 1.165) is 24.8 Å². The van der Waals surface area contributed by atoms with Crippen LogP contribution in [0.15, 0.2) is 29.2 Å². The van der Waals surface area contributed by atoms with Crippen LogP contribution in [0.1, 0.15) is 36.2 Å². The van der Waals surface area contributed by atoms with Gasteiger partial charge in [0.05, 0.1) is 17.9 Å². The second-order valence-corrected chi connectivity index (χ2v) is 8.56. The van der Waals surface area contributed by atoms with E-state index < -0.39 is 10.0 Å². The first-order chi connectivity index (χ1) is 11.4. The molecule has 0 unspecified atom stereocenters. The van der Waals surface area contributed by atoms with Crippen LogP contribution >= 0.6 is 11.6 Å². The third-order valence-corrected chi connectivity index (χ3v) is 6.84. The zero-order valence-electron chi connectivity index (χ0n) is 14.0. The van der Waals surface area contributed by atoms with Crippen LogP contribution in [0.3, 0.4) is 0 Å². The molecule has 24 heavy (non-hydrogen) atoms. The summed E-state index contributed by atoms with van der Waals surface area (Å²) in [7, 11) is -3.48. The van der Waals surface area contributed by atoms with E-state index in [0.29, 0.717) is 40.9 Å². The molecule has 1 fully saturated rings. The maximum absolute atomic E-state index is 13.0. The van der Waals surface area contributed by atoms with Gasteiger partial charge in [0.2, 0.25) is 10.0 Å². The molecule has 130 valence electrons. The van der Waals surface area contributed by atoms with Crippen LogP contribution in [0.2, 0.25) is 5.02 Å². The smallest absolute Gasteiger partial charge is 0.246 e. The van der Waals surface area contributed by atoms with Crippen LogP contribution in [0.5, 0.6) is 0 Å². The summed E-state index contributed by atoms with van der Waals surface area (Å²) < 4.78 is 29.3. The van der Waals surface area contributed by atoms with E-state index in [-0.39, 0.29) is 0 Å². The van der Waals surface area contributed by atoms with E-state index in [9.17, 15) is 8.42 Å². The molecule has 0 radical (unpaired) electrons. The maximum Gasteiger partial charge on any atom is 0.246 e. The van der Waals surface area contributed by atoms with Crippen molar-refractivity contribution in [2.24, 2.45) is 0 Å². The van der Waals surface area contributed by atoms with Gasteiger partial charge in [0.25, 0.3) is 0 Å². The van der Waals surface area contributed by atoms with Crippen LogP contribution in [0.25, 0.3) is 0 Å². The minimum absolute atomic E-state index is 0.353. The van der Waals surface area contributed by atoms with Gasteiger partial charge >= 0.3 is 0 Å². The van der Waals surface area contributed by atoms with Crippen LogP contribution in [0.4, 0.5) is 0 Å². The number of aromatic nitrogens is 2. The quantitative estimate of drug-likeness (QED) is 0.832. The normalized spacial score (nSPS) is 16.5. The number of nitrogens with zero attached hydrogens (tertiary/aromatic N) is 3. The molecule has 0 atom stereocenters. The summed E-state index contributed by atoms with van der Waals surface area (Å²) in [6, 6.07) is 7.53. The molecule has 3 rings (SSSR count). The SMILES string of the molecule is Cc1nn(Cc2cccc(Cl)c2)c(C)c1S(=O)(=O)N1CCCCC1. The van der Waals surface area contributed by atoms with Gasteiger partial charge in [-0.15, -0.1) is 0 Å². The van der Waals surface area contributed by atoms with Gasteiger partial charge in [-0.3, -0.25) is 4.68 Å². The minimum atomic E-state index is -3.48. The van der Waals surface area contributed by atoms with Crippen molar-refractivity contribution < 1.29 is 8.42 Å². The van der Waals surface area contributed by atoms with Gasteiger partial charge in [-0.05, 0) is 44.4 Å². The van der Waals surface area contributed by atoms with E-state index in [1.54, 1.807) is 15.9 Å². The van der Waals surface area contributed by atoms with E-state index in [1.165, 1.54) is 0 Å². The van der Waals surface area contributed by atoms with Gasteiger partial charge in [0.1, 0.15) is 4.90 Å². The molecule has 1 aliphatic heterocycles. The van der Waals surface area contributed by atoms with E-state index in [4.69, 9.17) is 11.6 Å². The van der Waals surface area contributed by atoms with Gasteiger partial charge in [-0.2, -0.15) is 9.40 Å². The second-order valence-electron chi connectivity index (χ2n) is 6.25. The molecule has 0 amide bonds. The van der Waals surface area contributed by atoms with Crippen molar-refractivity contribution in [2.45, 2.75) is 44.6 Å². The molecule has 2 aromatic rings. The number of hydrogen-bond acceptors (Lipinski definition) is 3. The molecule has 1 aromatic carbocycles. The average molecular weight is 368 g/mol. The lowest BCUT2D eigenvalue weighted by molar-refractivity contribution is 0.346. The summed E-state index contributed by atoms with van der Waals surface area (Å²) in [5.74, 6) is 0. The summed E-state index contributed by atoms with van der Waals surface area (Å²) in [5.41, 5.74) is 2.23. The average Bonchev–Trinajstić information content (AvgIpc) is 2.82. The molecule has 1 aromatic heterocycles. The highest BCUT2D eigenvalue weighted by Crippen LogP contribution is 2.26. The number of halogens is 1. The Hall–Kier alpha value is -1.37. The molecule has 1 saturated heterocycles. The molecule has 0 saturated carbocycles. The predicted molar refractivity (Wildman–Crippen MR) is 94.9 cm³/mol. The highest BCUT2D eigenvalue weighted by Gasteiger charge is 2.31. The maximum atomic E-state index is 13.0. The summed E-state index contributed by atoms with van der Waals surface area (Å²) in [6.45, 7) is 5.28. The number of benzene rings is 1. The molecule has 7 heteroatoms. The molecule has 0 bridgehead atoms. The fourth-order valence-corrected chi connectivity index (χ4v) is 5.35. The van der Waals surface area contributed by atoms with Gasteiger partial charge in [-0.25, -0.2) is 8.42 Å². The van der Waals surface area contributed by atoms with Crippen molar-refractivity contribution in [2.75, 3.05) is 13.1 Å². The van der Waals surface area contributed by atoms with Crippen molar-refractivity contribution in [3.8, 4) is 0 Å². The topological polar surface area (TPSA) is 55.2 Å². The number of aryl methyl sites for hydroxylation is 1. The van der Waals surface area contributed by atoms with Gasteiger partial charge in [0, 0.05) is 18.1 Å². The molecular weight excluding hydrogens is 346 g/mol. The van der Waals surface area contributed by atoms with Crippen LogP contribution < -0.4 is 0 Å². The molecule has 5 nitrogen and oxygen atoms in total. The molecule has 0 N–H and O–H groups in total. The third kappa shape index (κ3) is 3.36. The zero-order chi connectivity index (χ0) is 17.3. The number of rotatable bonds is 4. The molecule has 0 aliphatic carbocycles. The lowest BCUT2D eigenvalue weighted by Gasteiger charge is -2.26. The molecule has 0 spiro atoms. The highest BCUT2D eigenvalue weighted by atomic mass is 35.5. The monoisotopic (exact) mass is 367 g/mol. The summed E-state index contributed by atoms with van der Waals surface area (Å²) in [5, 5.41) is 5.13. The van der Waals surface area contributed by atoms with Crippen LogP contribution in [-0.2, 0) is 16.6 Å². The van der Waals surface area contributed by atoms with Gasteiger partial charge < -0.3 is 0 Å². The Morgan fingerprint density at radius 1 is 1.17 bits per heavy atom. The Morgan fingerprint density at radius 2 is 1.88 bits per heavy atom. The summed E-state index contributed by atoms with van der Waals surface area (Å²) in [4.78, 5) is 0.353. The van der Waals surface area contributed by atoms with Crippen molar-refractivity contribution >= 4 is 21.6 Å². The van der Waals surface area contributed by atoms with Gasteiger partial charge in [-0.1, -0.05) is 30.2 Å². The van der Waals surface area contributed by atoms with E-state index >= 15 is 0 Å². The first-order valence-corrected chi connectivity index (χ1v) is 10.00.